The standard InChI is InChI=1S/C14H16N2O4.C14H20N2O2.CH4/c1-10(17)15-7-5-11(6-8-15)12-3-4-13(16(18)19)14(9-12)20-2;1-10(17)16-7-5-11(6-8-16)12-3-4-13(15)14(9-12)18-2;/h3-5,9H,6-8H2,1-2H3;3-4,9,11H,5-8,15H2,1-2H3;1H4. The van der Waals surface area contributed by atoms with Crippen molar-refractivity contribution in [3.05, 3.63) is 63.7 Å². The van der Waals surface area contributed by atoms with E-state index in [9.17, 15) is 19.7 Å². The predicted octanol–water partition coefficient (Wildman–Crippen LogP) is 4.88. The van der Waals surface area contributed by atoms with Crippen LogP contribution in [0.1, 0.15) is 57.6 Å². The van der Waals surface area contributed by atoms with Crippen molar-refractivity contribution in [3.8, 4) is 11.5 Å². The fourth-order valence-electron chi connectivity index (χ4n) is 4.75. The minimum atomic E-state index is -0.463. The molecule has 0 unspecified atom stereocenters. The number of carbonyl (C=O) groups is 2. The van der Waals surface area contributed by atoms with Crippen molar-refractivity contribution in [2.45, 2.75) is 46.5 Å². The number of nitro groups is 1. The molecule has 0 saturated carbocycles. The van der Waals surface area contributed by atoms with Crippen molar-refractivity contribution in [1.29, 1.82) is 0 Å². The zero-order valence-electron chi connectivity index (χ0n) is 22.4. The molecule has 4 rings (SSSR count). The predicted molar refractivity (Wildman–Crippen MR) is 153 cm³/mol. The fourth-order valence-corrected chi connectivity index (χ4v) is 4.75. The van der Waals surface area contributed by atoms with E-state index in [4.69, 9.17) is 15.2 Å². The molecule has 0 spiro atoms. The summed E-state index contributed by atoms with van der Waals surface area (Å²) in [6.07, 6.45) is 4.73. The van der Waals surface area contributed by atoms with E-state index in [1.807, 2.05) is 23.1 Å². The lowest BCUT2D eigenvalue weighted by molar-refractivity contribution is -0.385. The minimum Gasteiger partial charge on any atom is -0.495 e. The molecule has 2 aliphatic rings. The van der Waals surface area contributed by atoms with E-state index in [0.717, 1.165) is 49.2 Å². The largest absolute Gasteiger partial charge is 0.495 e. The Morgan fingerprint density at radius 3 is 2.10 bits per heavy atom. The lowest BCUT2D eigenvalue weighted by atomic mass is 9.89. The summed E-state index contributed by atoms with van der Waals surface area (Å²) in [7, 11) is 3.05. The highest BCUT2D eigenvalue weighted by Gasteiger charge is 2.22. The van der Waals surface area contributed by atoms with Crippen LogP contribution in [0.15, 0.2) is 42.5 Å². The molecule has 2 N–H and O–H groups in total. The van der Waals surface area contributed by atoms with Crippen LogP contribution in [0.4, 0.5) is 11.4 Å². The van der Waals surface area contributed by atoms with Crippen LogP contribution >= 0.6 is 0 Å². The number of piperidine rings is 1. The number of likely N-dealkylation sites (tertiary alicyclic amines) is 1. The lowest BCUT2D eigenvalue weighted by Crippen LogP contribution is -2.36. The number of nitrogens with zero attached hydrogens (tertiary/aromatic N) is 3. The molecule has 2 aromatic rings. The first-order valence-corrected chi connectivity index (χ1v) is 12.6. The summed E-state index contributed by atoms with van der Waals surface area (Å²) < 4.78 is 10.3. The van der Waals surface area contributed by atoms with Crippen molar-refractivity contribution in [2.75, 3.05) is 46.1 Å². The SMILES string of the molecule is C.COc1cc(C2=CCN(C(C)=O)CC2)ccc1[N+](=O)[O-].COc1cc(C2CCN(C(C)=O)CC2)ccc1N. The molecule has 2 amide bonds. The summed E-state index contributed by atoms with van der Waals surface area (Å²) in [5.74, 6) is 1.71. The average molecular weight is 541 g/mol. The lowest BCUT2D eigenvalue weighted by Gasteiger charge is -2.31. The first-order valence-electron chi connectivity index (χ1n) is 12.6. The molecule has 212 valence electrons. The normalized spacial score (nSPS) is 15.2. The second kappa shape index (κ2) is 14.2. The fraction of sp³-hybridized carbons (Fsp3) is 0.448. The summed E-state index contributed by atoms with van der Waals surface area (Å²) in [6.45, 7) is 6.10. The van der Waals surface area contributed by atoms with E-state index in [2.05, 4.69) is 6.07 Å². The van der Waals surface area contributed by atoms with Gasteiger partial charge in [-0.1, -0.05) is 19.6 Å². The molecule has 0 atom stereocenters. The number of rotatable bonds is 5. The summed E-state index contributed by atoms with van der Waals surface area (Å²) in [4.78, 5) is 36.6. The summed E-state index contributed by atoms with van der Waals surface area (Å²) in [6, 6.07) is 10.8. The number of ether oxygens (including phenoxy) is 2. The highest BCUT2D eigenvalue weighted by molar-refractivity contribution is 5.76. The smallest absolute Gasteiger partial charge is 0.310 e. The van der Waals surface area contributed by atoms with Crippen molar-refractivity contribution in [1.82, 2.24) is 9.80 Å². The maximum Gasteiger partial charge on any atom is 0.310 e. The molecular formula is C29H40N4O6. The van der Waals surface area contributed by atoms with E-state index in [-0.39, 0.29) is 30.7 Å². The van der Waals surface area contributed by atoms with Crippen LogP contribution in [-0.2, 0) is 9.59 Å². The quantitative estimate of drug-likeness (QED) is 0.325. The van der Waals surface area contributed by atoms with Crippen LogP contribution < -0.4 is 15.2 Å². The zero-order valence-corrected chi connectivity index (χ0v) is 22.4. The van der Waals surface area contributed by atoms with Crippen molar-refractivity contribution in [2.24, 2.45) is 0 Å². The van der Waals surface area contributed by atoms with Gasteiger partial charge >= 0.3 is 5.69 Å². The number of hydrogen-bond donors (Lipinski definition) is 1. The first-order chi connectivity index (χ1) is 18.1. The van der Waals surface area contributed by atoms with Gasteiger partial charge in [0.25, 0.3) is 0 Å². The average Bonchev–Trinajstić information content (AvgIpc) is 2.93. The molecule has 10 heteroatoms. The van der Waals surface area contributed by atoms with Crippen molar-refractivity contribution < 1.29 is 24.0 Å². The second-order valence-corrected chi connectivity index (χ2v) is 9.37. The van der Waals surface area contributed by atoms with Crippen LogP contribution in [0, 0.1) is 10.1 Å². The number of carbonyl (C=O) groups excluding carboxylic acids is 2. The molecule has 0 aliphatic carbocycles. The Bertz CT molecular complexity index is 1200. The van der Waals surface area contributed by atoms with Crippen LogP contribution in [-0.4, -0.2) is 66.9 Å². The number of nitrogen functional groups attached to an aromatic ring is 1. The van der Waals surface area contributed by atoms with Gasteiger partial charge in [0.2, 0.25) is 11.8 Å². The first kappa shape index (κ1) is 31.1. The molecule has 0 aromatic heterocycles. The monoisotopic (exact) mass is 540 g/mol. The number of nitrogens with two attached hydrogens (primary N) is 1. The van der Waals surface area contributed by atoms with E-state index in [0.29, 0.717) is 24.7 Å². The molecule has 2 aromatic carbocycles. The van der Waals surface area contributed by atoms with Gasteiger partial charge in [0.15, 0.2) is 5.75 Å². The molecular weight excluding hydrogens is 500 g/mol. The second-order valence-electron chi connectivity index (χ2n) is 9.37. The van der Waals surface area contributed by atoms with E-state index in [1.165, 1.54) is 18.7 Å². The Morgan fingerprint density at radius 1 is 0.949 bits per heavy atom. The van der Waals surface area contributed by atoms with Crippen LogP contribution in [0.5, 0.6) is 11.5 Å². The number of amides is 2. The topological polar surface area (TPSA) is 128 Å². The van der Waals surface area contributed by atoms with E-state index >= 15 is 0 Å². The van der Waals surface area contributed by atoms with Crippen LogP contribution in [0.2, 0.25) is 0 Å². The number of hydrogen-bond acceptors (Lipinski definition) is 7. The van der Waals surface area contributed by atoms with Gasteiger partial charge in [-0.15, -0.1) is 0 Å². The van der Waals surface area contributed by atoms with Gasteiger partial charge in [-0.3, -0.25) is 19.7 Å². The summed E-state index contributed by atoms with van der Waals surface area (Å²) in [5, 5.41) is 10.9. The van der Waals surface area contributed by atoms with Gasteiger partial charge in [0.1, 0.15) is 5.75 Å². The molecule has 0 bridgehead atoms. The highest BCUT2D eigenvalue weighted by Crippen LogP contribution is 2.33. The highest BCUT2D eigenvalue weighted by atomic mass is 16.6. The Kier molecular flexibility index (Phi) is 11.3. The third-order valence-electron chi connectivity index (χ3n) is 7.07. The Hall–Kier alpha value is -4.08. The van der Waals surface area contributed by atoms with Gasteiger partial charge in [0.05, 0.1) is 24.8 Å². The number of methoxy groups -OCH3 is 2. The van der Waals surface area contributed by atoms with Gasteiger partial charge in [-0.2, -0.15) is 0 Å². The molecule has 1 fully saturated rings. The summed E-state index contributed by atoms with van der Waals surface area (Å²) >= 11 is 0. The third-order valence-corrected chi connectivity index (χ3v) is 7.07. The van der Waals surface area contributed by atoms with Crippen molar-refractivity contribution in [3.63, 3.8) is 0 Å². The van der Waals surface area contributed by atoms with Gasteiger partial charge in [0, 0.05) is 46.1 Å². The molecule has 39 heavy (non-hydrogen) atoms. The molecule has 10 nitrogen and oxygen atoms in total. The summed E-state index contributed by atoms with van der Waals surface area (Å²) in [5.41, 5.74) is 9.67. The van der Waals surface area contributed by atoms with Gasteiger partial charge in [-0.05, 0) is 66.1 Å². The molecule has 2 heterocycles. The van der Waals surface area contributed by atoms with E-state index < -0.39 is 4.92 Å². The molecule has 1 saturated heterocycles. The molecule has 2 aliphatic heterocycles. The van der Waals surface area contributed by atoms with Gasteiger partial charge < -0.3 is 25.0 Å². The Balaban J connectivity index is 0.000000268. The number of anilines is 1. The number of benzene rings is 2. The van der Waals surface area contributed by atoms with Crippen LogP contribution in [0.25, 0.3) is 5.57 Å². The Labute approximate surface area is 230 Å². The zero-order chi connectivity index (χ0) is 27.8. The minimum absolute atomic E-state index is 0. The maximum absolute atomic E-state index is 11.3. The maximum atomic E-state index is 11.3. The molecule has 0 radical (unpaired) electrons. The third kappa shape index (κ3) is 7.95. The number of nitro benzene ring substituents is 1. The van der Waals surface area contributed by atoms with Gasteiger partial charge in [-0.25, -0.2) is 0 Å². The van der Waals surface area contributed by atoms with E-state index in [1.54, 1.807) is 38.0 Å². The van der Waals surface area contributed by atoms with Crippen LogP contribution in [0.3, 0.4) is 0 Å². The Morgan fingerprint density at radius 2 is 1.59 bits per heavy atom. The van der Waals surface area contributed by atoms with Crippen molar-refractivity contribution >= 4 is 28.8 Å².